The molecule has 0 aromatic heterocycles. The molecule has 0 spiro atoms. The quantitative estimate of drug-likeness (QED) is 0.262. The number of hydrogen-bond donors (Lipinski definition) is 1. The van der Waals surface area contributed by atoms with Crippen molar-refractivity contribution in [2.45, 2.75) is 90.6 Å². The summed E-state index contributed by atoms with van der Waals surface area (Å²) in [6.07, 6.45) is 12.6. The highest BCUT2D eigenvalue weighted by molar-refractivity contribution is 7.86. The summed E-state index contributed by atoms with van der Waals surface area (Å²) in [5.41, 5.74) is 0. The lowest BCUT2D eigenvalue weighted by molar-refractivity contribution is -0.202. The van der Waals surface area contributed by atoms with E-state index in [1.807, 2.05) is 0 Å². The van der Waals surface area contributed by atoms with Crippen LogP contribution in [0.4, 0.5) is 0 Å². The highest BCUT2D eigenvalue weighted by atomic mass is 32.2. The summed E-state index contributed by atoms with van der Waals surface area (Å²) in [6.45, 7) is 3.90. The zero-order valence-corrected chi connectivity index (χ0v) is 15.1. The lowest BCUT2D eigenvalue weighted by Crippen LogP contribution is -2.20. The van der Waals surface area contributed by atoms with Crippen LogP contribution in [-0.4, -0.2) is 32.0 Å². The fourth-order valence-corrected chi connectivity index (χ4v) is 3.12. The standard InChI is InChI=1S/C16H34O5S/c1-3-4-5-6-7-8-9-10-11-12-13-14-20-21-22(18,19)15-16(2)17/h16-17H,3-15H2,1-2H3. The minimum atomic E-state index is -3.77. The first-order chi connectivity index (χ1) is 10.5. The maximum Gasteiger partial charge on any atom is 0.296 e. The third-order valence-corrected chi connectivity index (χ3v) is 4.62. The number of aliphatic hydroxyl groups is 1. The molecule has 0 aliphatic carbocycles. The van der Waals surface area contributed by atoms with E-state index in [0.717, 1.165) is 19.3 Å². The van der Waals surface area contributed by atoms with Crippen LogP contribution in [0.3, 0.4) is 0 Å². The van der Waals surface area contributed by atoms with Crippen LogP contribution >= 0.6 is 0 Å². The lowest BCUT2D eigenvalue weighted by atomic mass is 10.1. The van der Waals surface area contributed by atoms with Crippen molar-refractivity contribution in [3.63, 3.8) is 0 Å². The zero-order chi connectivity index (χ0) is 16.7. The summed E-state index contributed by atoms with van der Waals surface area (Å²) in [5.74, 6) is -0.439. The Labute approximate surface area is 136 Å². The minimum Gasteiger partial charge on any atom is -0.392 e. The number of aliphatic hydroxyl groups excluding tert-OH is 1. The Morgan fingerprint density at radius 2 is 1.32 bits per heavy atom. The molecule has 0 rings (SSSR count). The van der Waals surface area contributed by atoms with Crippen LogP contribution in [-0.2, 0) is 19.3 Å². The molecule has 0 saturated carbocycles. The van der Waals surface area contributed by atoms with Crippen molar-refractivity contribution < 1.29 is 22.7 Å². The summed E-state index contributed by atoms with van der Waals surface area (Å²) < 4.78 is 26.8. The smallest absolute Gasteiger partial charge is 0.296 e. The summed E-state index contributed by atoms with van der Waals surface area (Å²) in [5, 5.41) is 8.98. The second-order valence-electron chi connectivity index (χ2n) is 6.00. The highest BCUT2D eigenvalue weighted by Gasteiger charge is 2.15. The Morgan fingerprint density at radius 1 is 0.864 bits per heavy atom. The molecular formula is C16H34O5S. The monoisotopic (exact) mass is 338 g/mol. The maximum atomic E-state index is 11.2. The first-order valence-corrected chi connectivity index (χ1v) is 10.3. The fraction of sp³-hybridized carbons (Fsp3) is 1.00. The molecule has 0 saturated heterocycles. The van der Waals surface area contributed by atoms with E-state index in [-0.39, 0.29) is 6.61 Å². The van der Waals surface area contributed by atoms with Gasteiger partial charge in [0.25, 0.3) is 10.1 Å². The van der Waals surface area contributed by atoms with E-state index in [2.05, 4.69) is 16.1 Å². The van der Waals surface area contributed by atoms with Crippen molar-refractivity contribution >= 4 is 10.1 Å². The molecule has 5 nitrogen and oxygen atoms in total. The van der Waals surface area contributed by atoms with Crippen molar-refractivity contribution in [3.05, 3.63) is 0 Å². The van der Waals surface area contributed by atoms with Gasteiger partial charge in [0, 0.05) is 0 Å². The fourth-order valence-electron chi connectivity index (χ4n) is 2.26. The van der Waals surface area contributed by atoms with E-state index in [9.17, 15) is 8.42 Å². The molecule has 0 radical (unpaired) electrons. The molecule has 1 atom stereocenters. The first kappa shape index (κ1) is 21.8. The largest absolute Gasteiger partial charge is 0.392 e. The molecule has 134 valence electrons. The van der Waals surface area contributed by atoms with Crippen molar-refractivity contribution in [3.8, 4) is 0 Å². The van der Waals surface area contributed by atoms with Crippen LogP contribution < -0.4 is 0 Å². The van der Waals surface area contributed by atoms with Gasteiger partial charge in [-0.1, -0.05) is 71.1 Å². The SMILES string of the molecule is CCCCCCCCCCCCCOOS(=O)(=O)CC(C)O. The van der Waals surface area contributed by atoms with E-state index < -0.39 is 22.0 Å². The number of unbranched alkanes of at least 4 members (excludes halogenated alkanes) is 10. The molecular weight excluding hydrogens is 304 g/mol. The molecule has 0 aliphatic rings. The topological polar surface area (TPSA) is 72.8 Å². The molecule has 0 amide bonds. The van der Waals surface area contributed by atoms with E-state index >= 15 is 0 Å². The van der Waals surface area contributed by atoms with Crippen molar-refractivity contribution in [1.82, 2.24) is 0 Å². The van der Waals surface area contributed by atoms with Crippen molar-refractivity contribution in [2.24, 2.45) is 0 Å². The molecule has 6 heteroatoms. The average Bonchev–Trinajstić information content (AvgIpc) is 2.42. The summed E-state index contributed by atoms with van der Waals surface area (Å²) in [7, 11) is -3.77. The van der Waals surface area contributed by atoms with Crippen LogP contribution in [0.1, 0.15) is 84.5 Å². The minimum absolute atomic E-state index is 0.274. The summed E-state index contributed by atoms with van der Waals surface area (Å²) in [6, 6.07) is 0. The van der Waals surface area contributed by atoms with E-state index in [1.54, 1.807) is 0 Å². The Hall–Kier alpha value is -0.170. The molecule has 0 heterocycles. The van der Waals surface area contributed by atoms with Gasteiger partial charge in [-0.2, -0.15) is 8.42 Å². The Balaban J connectivity index is 3.24. The second-order valence-corrected chi connectivity index (χ2v) is 7.58. The van der Waals surface area contributed by atoms with Gasteiger partial charge in [-0.3, -0.25) is 0 Å². The van der Waals surface area contributed by atoms with Crippen LogP contribution in [0, 0.1) is 0 Å². The molecule has 0 fully saturated rings. The first-order valence-electron chi connectivity index (χ1n) is 8.69. The number of hydrogen-bond acceptors (Lipinski definition) is 5. The van der Waals surface area contributed by atoms with Gasteiger partial charge in [0.15, 0.2) is 0 Å². The second kappa shape index (κ2) is 14.4. The van der Waals surface area contributed by atoms with Crippen LogP contribution in [0.5, 0.6) is 0 Å². The Bertz CT molecular complexity index is 327. The Kier molecular flexibility index (Phi) is 14.3. The molecule has 0 aromatic carbocycles. The molecule has 0 aromatic rings. The predicted octanol–water partition coefficient (Wildman–Crippen LogP) is 3.96. The Morgan fingerprint density at radius 3 is 1.77 bits per heavy atom. The van der Waals surface area contributed by atoms with Gasteiger partial charge in [-0.15, -0.1) is 4.33 Å². The third kappa shape index (κ3) is 16.2. The van der Waals surface area contributed by atoms with Gasteiger partial charge < -0.3 is 5.11 Å². The van der Waals surface area contributed by atoms with Crippen LogP contribution in [0.2, 0.25) is 0 Å². The van der Waals surface area contributed by atoms with Crippen LogP contribution in [0.25, 0.3) is 0 Å². The van der Waals surface area contributed by atoms with Crippen LogP contribution in [0.15, 0.2) is 0 Å². The van der Waals surface area contributed by atoms with Gasteiger partial charge in [0.1, 0.15) is 5.75 Å². The summed E-state index contributed by atoms with van der Waals surface area (Å²) in [4.78, 5) is 4.68. The van der Waals surface area contributed by atoms with E-state index in [0.29, 0.717) is 0 Å². The molecule has 0 aliphatic heterocycles. The van der Waals surface area contributed by atoms with Gasteiger partial charge in [-0.05, 0) is 13.3 Å². The zero-order valence-electron chi connectivity index (χ0n) is 14.3. The van der Waals surface area contributed by atoms with Gasteiger partial charge in [0.2, 0.25) is 0 Å². The molecule has 1 N–H and O–H groups in total. The third-order valence-electron chi connectivity index (χ3n) is 3.43. The lowest BCUT2D eigenvalue weighted by Gasteiger charge is -2.06. The maximum absolute atomic E-state index is 11.2. The number of rotatable bonds is 16. The van der Waals surface area contributed by atoms with E-state index in [4.69, 9.17) is 5.11 Å². The average molecular weight is 339 g/mol. The predicted molar refractivity (Wildman–Crippen MR) is 89.0 cm³/mol. The summed E-state index contributed by atoms with van der Waals surface area (Å²) >= 11 is 0. The van der Waals surface area contributed by atoms with E-state index in [1.165, 1.54) is 58.3 Å². The highest BCUT2D eigenvalue weighted by Crippen LogP contribution is 2.11. The van der Waals surface area contributed by atoms with Crippen molar-refractivity contribution in [1.29, 1.82) is 0 Å². The normalized spacial score (nSPS) is 13.4. The molecule has 22 heavy (non-hydrogen) atoms. The molecule has 0 bridgehead atoms. The van der Waals surface area contributed by atoms with Gasteiger partial charge in [0.05, 0.1) is 12.7 Å². The van der Waals surface area contributed by atoms with Gasteiger partial charge >= 0.3 is 0 Å². The van der Waals surface area contributed by atoms with Gasteiger partial charge in [-0.25, -0.2) is 4.89 Å². The van der Waals surface area contributed by atoms with Crippen molar-refractivity contribution in [2.75, 3.05) is 12.4 Å². The molecule has 1 unspecified atom stereocenters.